The number of benzene rings is 1. The van der Waals surface area contributed by atoms with Gasteiger partial charge in [-0.15, -0.1) is 0 Å². The monoisotopic (exact) mass is 404 g/mol. The molecule has 2 aromatic rings. The molecule has 7 nitrogen and oxygen atoms in total. The summed E-state index contributed by atoms with van der Waals surface area (Å²) in [5.41, 5.74) is 1.92. The van der Waals surface area contributed by atoms with E-state index in [0.717, 1.165) is 24.1 Å². The largest absolute Gasteiger partial charge is 0.445 e. The van der Waals surface area contributed by atoms with Gasteiger partial charge in [-0.3, -0.25) is 4.79 Å². The molecule has 1 aliphatic rings. The molecule has 150 valence electrons. The molecule has 1 N–H and O–H groups in total. The highest BCUT2D eigenvalue weighted by molar-refractivity contribution is 6.31. The van der Waals surface area contributed by atoms with Gasteiger partial charge in [0.2, 0.25) is 0 Å². The Balaban J connectivity index is 1.61. The summed E-state index contributed by atoms with van der Waals surface area (Å²) < 4.78 is 5.75. The van der Waals surface area contributed by atoms with Gasteiger partial charge in [0, 0.05) is 43.8 Å². The van der Waals surface area contributed by atoms with Crippen LogP contribution in [0.2, 0.25) is 5.02 Å². The van der Waals surface area contributed by atoms with Crippen molar-refractivity contribution in [1.29, 1.82) is 0 Å². The van der Waals surface area contributed by atoms with E-state index in [1.54, 1.807) is 32.0 Å². The summed E-state index contributed by atoms with van der Waals surface area (Å²) in [6.45, 7) is 4.81. The zero-order chi connectivity index (χ0) is 20.4. The first-order chi connectivity index (χ1) is 13.3. The Morgan fingerprint density at radius 3 is 2.57 bits per heavy atom. The minimum atomic E-state index is -0.166. The van der Waals surface area contributed by atoms with E-state index in [2.05, 4.69) is 10.3 Å². The SMILES string of the molecule is Cc1oc(C2CCN(C(=O)Nc3cccc(Cl)c3C)CC2)nc1C(=O)N(C)C. The molecule has 1 aromatic heterocycles. The fraction of sp³-hybridized carbons (Fsp3) is 0.450. The second-order valence-corrected chi connectivity index (χ2v) is 7.67. The maximum absolute atomic E-state index is 12.6. The lowest BCUT2D eigenvalue weighted by molar-refractivity contribution is 0.0821. The van der Waals surface area contributed by atoms with Crippen LogP contribution in [0.4, 0.5) is 10.5 Å². The molecule has 8 heteroatoms. The highest BCUT2D eigenvalue weighted by Gasteiger charge is 2.29. The molecule has 0 atom stereocenters. The molecule has 1 aliphatic heterocycles. The molecule has 0 bridgehead atoms. The van der Waals surface area contributed by atoms with Gasteiger partial charge >= 0.3 is 6.03 Å². The van der Waals surface area contributed by atoms with Crippen molar-refractivity contribution in [3.63, 3.8) is 0 Å². The van der Waals surface area contributed by atoms with Crippen LogP contribution in [-0.2, 0) is 0 Å². The second-order valence-electron chi connectivity index (χ2n) is 7.26. The zero-order valence-electron chi connectivity index (χ0n) is 16.6. The number of aromatic nitrogens is 1. The van der Waals surface area contributed by atoms with Gasteiger partial charge in [-0.2, -0.15) is 0 Å². The Kier molecular flexibility index (Phi) is 5.93. The van der Waals surface area contributed by atoms with Crippen molar-refractivity contribution in [2.75, 3.05) is 32.5 Å². The number of carbonyl (C=O) groups is 2. The topological polar surface area (TPSA) is 78.7 Å². The number of oxazole rings is 1. The number of rotatable bonds is 3. The van der Waals surface area contributed by atoms with Crippen molar-refractivity contribution in [1.82, 2.24) is 14.8 Å². The highest BCUT2D eigenvalue weighted by Crippen LogP contribution is 2.30. The van der Waals surface area contributed by atoms with Crippen LogP contribution in [-0.4, -0.2) is 53.9 Å². The number of carbonyl (C=O) groups excluding carboxylic acids is 2. The molecule has 0 spiro atoms. The number of piperidine rings is 1. The molecule has 1 fully saturated rings. The van der Waals surface area contributed by atoms with E-state index in [9.17, 15) is 9.59 Å². The summed E-state index contributed by atoms with van der Waals surface area (Å²) in [4.78, 5) is 32.4. The Labute approximate surface area is 169 Å². The van der Waals surface area contributed by atoms with Gasteiger partial charge in [0.25, 0.3) is 5.91 Å². The van der Waals surface area contributed by atoms with Crippen molar-refractivity contribution in [2.24, 2.45) is 0 Å². The summed E-state index contributed by atoms with van der Waals surface area (Å²) in [7, 11) is 3.38. The number of likely N-dealkylation sites (tertiary alicyclic amines) is 1. The van der Waals surface area contributed by atoms with Crippen LogP contribution in [0.3, 0.4) is 0 Å². The Hall–Kier alpha value is -2.54. The number of hydrogen-bond acceptors (Lipinski definition) is 4. The van der Waals surface area contributed by atoms with E-state index in [4.69, 9.17) is 16.0 Å². The fourth-order valence-electron chi connectivity index (χ4n) is 3.27. The standard InChI is InChI=1S/C20H25ClN4O3/c1-12-15(21)6-5-7-16(12)22-20(27)25-10-8-14(9-11-25)18-23-17(13(2)28-18)19(26)24(3)4/h5-7,14H,8-11H2,1-4H3,(H,22,27). The molecule has 28 heavy (non-hydrogen) atoms. The molecule has 3 amide bonds. The van der Waals surface area contributed by atoms with Crippen LogP contribution in [0.25, 0.3) is 0 Å². The lowest BCUT2D eigenvalue weighted by Gasteiger charge is -2.30. The summed E-state index contributed by atoms with van der Waals surface area (Å²) >= 11 is 6.12. The predicted molar refractivity (Wildman–Crippen MR) is 108 cm³/mol. The van der Waals surface area contributed by atoms with Crippen LogP contribution in [0.1, 0.15) is 46.5 Å². The molecule has 2 heterocycles. The minimum absolute atomic E-state index is 0.0966. The third kappa shape index (κ3) is 4.14. The average molecular weight is 405 g/mol. The molecule has 3 rings (SSSR count). The number of aryl methyl sites for hydroxylation is 1. The third-order valence-corrected chi connectivity index (χ3v) is 5.47. The average Bonchev–Trinajstić information content (AvgIpc) is 3.06. The summed E-state index contributed by atoms with van der Waals surface area (Å²) in [6, 6.07) is 5.31. The smallest absolute Gasteiger partial charge is 0.321 e. The number of nitrogens with zero attached hydrogens (tertiary/aromatic N) is 3. The molecule has 0 unspecified atom stereocenters. The second kappa shape index (κ2) is 8.22. The number of amides is 3. The quantitative estimate of drug-likeness (QED) is 0.836. The maximum atomic E-state index is 12.6. The molecular weight excluding hydrogens is 380 g/mol. The van der Waals surface area contributed by atoms with Gasteiger partial charge in [0.15, 0.2) is 11.6 Å². The van der Waals surface area contributed by atoms with Crippen LogP contribution in [0.15, 0.2) is 22.6 Å². The van der Waals surface area contributed by atoms with Crippen molar-refractivity contribution in [3.05, 3.63) is 46.1 Å². The van der Waals surface area contributed by atoms with Crippen LogP contribution >= 0.6 is 11.6 Å². The number of hydrogen-bond donors (Lipinski definition) is 1. The van der Waals surface area contributed by atoms with E-state index < -0.39 is 0 Å². The number of halogens is 1. The van der Waals surface area contributed by atoms with Crippen molar-refractivity contribution >= 4 is 29.2 Å². The first-order valence-corrected chi connectivity index (χ1v) is 9.65. The van der Waals surface area contributed by atoms with Crippen molar-refractivity contribution in [3.8, 4) is 0 Å². The molecular formula is C20H25ClN4O3. The molecule has 1 saturated heterocycles. The normalized spacial score (nSPS) is 14.8. The third-order valence-electron chi connectivity index (χ3n) is 5.06. The van der Waals surface area contributed by atoms with Crippen LogP contribution < -0.4 is 5.32 Å². The van der Waals surface area contributed by atoms with Gasteiger partial charge in [-0.1, -0.05) is 17.7 Å². The lowest BCUT2D eigenvalue weighted by Crippen LogP contribution is -2.40. The Morgan fingerprint density at radius 1 is 1.25 bits per heavy atom. The van der Waals surface area contributed by atoms with E-state index in [1.165, 1.54) is 4.90 Å². The highest BCUT2D eigenvalue weighted by atomic mass is 35.5. The summed E-state index contributed by atoms with van der Waals surface area (Å²) in [5.74, 6) is 1.04. The van der Waals surface area contributed by atoms with E-state index in [0.29, 0.717) is 35.5 Å². The van der Waals surface area contributed by atoms with Gasteiger partial charge in [0.1, 0.15) is 5.76 Å². The van der Waals surface area contributed by atoms with Gasteiger partial charge in [-0.05, 0) is 44.4 Å². The number of nitrogens with one attached hydrogen (secondary N) is 1. The molecule has 0 radical (unpaired) electrons. The maximum Gasteiger partial charge on any atom is 0.321 e. The van der Waals surface area contributed by atoms with E-state index in [1.807, 2.05) is 19.1 Å². The van der Waals surface area contributed by atoms with E-state index in [-0.39, 0.29) is 17.9 Å². The first kappa shape index (κ1) is 20.2. The van der Waals surface area contributed by atoms with Crippen LogP contribution in [0.5, 0.6) is 0 Å². The van der Waals surface area contributed by atoms with Gasteiger partial charge < -0.3 is 19.5 Å². The lowest BCUT2D eigenvalue weighted by atomic mass is 9.97. The van der Waals surface area contributed by atoms with Crippen molar-refractivity contribution in [2.45, 2.75) is 32.6 Å². The number of urea groups is 1. The van der Waals surface area contributed by atoms with E-state index >= 15 is 0 Å². The molecule has 0 saturated carbocycles. The zero-order valence-corrected chi connectivity index (χ0v) is 17.3. The van der Waals surface area contributed by atoms with Gasteiger partial charge in [-0.25, -0.2) is 9.78 Å². The number of anilines is 1. The fourth-order valence-corrected chi connectivity index (χ4v) is 3.44. The van der Waals surface area contributed by atoms with Crippen LogP contribution in [0, 0.1) is 13.8 Å². The minimum Gasteiger partial charge on any atom is -0.445 e. The summed E-state index contributed by atoms with van der Waals surface area (Å²) in [5, 5.41) is 3.55. The molecule has 1 aromatic carbocycles. The predicted octanol–water partition coefficient (Wildman–Crippen LogP) is 4.06. The molecule has 0 aliphatic carbocycles. The first-order valence-electron chi connectivity index (χ1n) is 9.28. The Bertz CT molecular complexity index is 886. The van der Waals surface area contributed by atoms with Gasteiger partial charge in [0.05, 0.1) is 0 Å². The van der Waals surface area contributed by atoms with Crippen molar-refractivity contribution < 1.29 is 14.0 Å². The summed E-state index contributed by atoms with van der Waals surface area (Å²) in [6.07, 6.45) is 1.47. The Morgan fingerprint density at radius 2 is 1.93 bits per heavy atom.